The smallest absolute Gasteiger partial charge is 0.0883 e. The van der Waals surface area contributed by atoms with E-state index in [4.69, 9.17) is 0 Å². The Morgan fingerprint density at radius 1 is 0.483 bits per heavy atom. The number of rotatable bonds is 20. The molecule has 0 amide bonds. The highest BCUT2D eigenvalue weighted by atomic mass is 16.3. The van der Waals surface area contributed by atoms with E-state index in [1.807, 2.05) is 0 Å². The van der Waals surface area contributed by atoms with Gasteiger partial charge >= 0.3 is 0 Å². The SMILES string of the molecule is CCCCCCC(CO)(CCCCCC)C(O)C(O)C(CO)(CCC)CCCC. The Morgan fingerprint density at radius 3 is 1.21 bits per heavy atom. The van der Waals surface area contributed by atoms with Crippen molar-refractivity contribution in [3.63, 3.8) is 0 Å². The molecule has 0 radical (unpaired) electrons. The molecule has 0 heterocycles. The van der Waals surface area contributed by atoms with E-state index < -0.39 is 23.0 Å². The first kappa shape index (κ1) is 28.8. The third-order valence-electron chi connectivity index (χ3n) is 7.02. The molecule has 0 bridgehead atoms. The van der Waals surface area contributed by atoms with Gasteiger partial charge < -0.3 is 20.4 Å². The largest absolute Gasteiger partial charge is 0.396 e. The summed E-state index contributed by atoms with van der Waals surface area (Å²) < 4.78 is 0. The molecule has 0 rings (SSSR count). The fourth-order valence-corrected chi connectivity index (χ4v) is 4.85. The summed E-state index contributed by atoms with van der Waals surface area (Å²) in [5, 5.41) is 43.4. The standard InChI is InChI=1S/C25H52O4/c1-5-9-12-14-18-25(21-27,19-15-13-10-6-2)23(29)22(28)24(20-26,16-8-4)17-11-7-3/h22-23,26-29H,5-21H2,1-4H3. The van der Waals surface area contributed by atoms with Crippen LogP contribution in [-0.2, 0) is 0 Å². The molecule has 0 fully saturated rings. The highest BCUT2D eigenvalue weighted by molar-refractivity contribution is 4.98. The van der Waals surface area contributed by atoms with E-state index in [0.717, 1.165) is 83.5 Å². The quantitative estimate of drug-likeness (QED) is 0.195. The lowest BCUT2D eigenvalue weighted by molar-refractivity contribution is -0.155. The Balaban J connectivity index is 5.57. The van der Waals surface area contributed by atoms with Gasteiger partial charge in [-0.05, 0) is 25.7 Å². The van der Waals surface area contributed by atoms with Crippen LogP contribution in [0.5, 0.6) is 0 Å². The van der Waals surface area contributed by atoms with Gasteiger partial charge in [0.2, 0.25) is 0 Å². The predicted molar refractivity (Wildman–Crippen MR) is 123 cm³/mol. The lowest BCUT2D eigenvalue weighted by Crippen LogP contribution is -2.54. The molecule has 0 aliphatic carbocycles. The topological polar surface area (TPSA) is 80.9 Å². The highest BCUT2D eigenvalue weighted by Gasteiger charge is 2.48. The van der Waals surface area contributed by atoms with Gasteiger partial charge in [-0.3, -0.25) is 0 Å². The highest BCUT2D eigenvalue weighted by Crippen LogP contribution is 2.43. The van der Waals surface area contributed by atoms with Crippen LogP contribution in [-0.4, -0.2) is 45.8 Å². The lowest BCUT2D eigenvalue weighted by atomic mass is 9.64. The Labute approximate surface area is 181 Å². The van der Waals surface area contributed by atoms with Crippen LogP contribution in [0.2, 0.25) is 0 Å². The average Bonchev–Trinajstić information content (AvgIpc) is 2.75. The summed E-state index contributed by atoms with van der Waals surface area (Å²) >= 11 is 0. The monoisotopic (exact) mass is 416 g/mol. The van der Waals surface area contributed by atoms with Crippen molar-refractivity contribution in [1.29, 1.82) is 0 Å². The first-order valence-electron chi connectivity index (χ1n) is 12.5. The van der Waals surface area contributed by atoms with Gasteiger partial charge in [0, 0.05) is 10.8 Å². The number of aliphatic hydroxyl groups excluding tert-OH is 4. The van der Waals surface area contributed by atoms with Crippen molar-refractivity contribution >= 4 is 0 Å². The Bertz CT molecular complexity index is 362. The minimum Gasteiger partial charge on any atom is -0.396 e. The number of aliphatic hydroxyl groups is 4. The zero-order chi connectivity index (χ0) is 22.2. The molecule has 4 nitrogen and oxygen atoms in total. The molecule has 29 heavy (non-hydrogen) atoms. The van der Waals surface area contributed by atoms with Gasteiger partial charge in [0.25, 0.3) is 0 Å². The van der Waals surface area contributed by atoms with Crippen molar-refractivity contribution in [3.8, 4) is 0 Å². The Hall–Kier alpha value is -0.160. The van der Waals surface area contributed by atoms with Crippen molar-refractivity contribution in [2.75, 3.05) is 13.2 Å². The molecule has 176 valence electrons. The lowest BCUT2D eigenvalue weighted by Gasteiger charge is -2.46. The van der Waals surface area contributed by atoms with Crippen LogP contribution in [0.15, 0.2) is 0 Å². The molecule has 0 spiro atoms. The number of unbranched alkanes of at least 4 members (excludes halogenated alkanes) is 7. The minimum absolute atomic E-state index is 0.106. The second kappa shape index (κ2) is 16.5. The summed E-state index contributed by atoms with van der Waals surface area (Å²) in [6, 6.07) is 0. The normalized spacial score (nSPS) is 16.6. The van der Waals surface area contributed by atoms with Crippen molar-refractivity contribution in [2.24, 2.45) is 10.8 Å². The van der Waals surface area contributed by atoms with Gasteiger partial charge in [0.1, 0.15) is 0 Å². The zero-order valence-electron chi connectivity index (χ0n) is 20.0. The van der Waals surface area contributed by atoms with E-state index in [9.17, 15) is 20.4 Å². The van der Waals surface area contributed by atoms with Gasteiger partial charge in [0.15, 0.2) is 0 Å². The van der Waals surface area contributed by atoms with E-state index in [1.165, 1.54) is 0 Å². The second-order valence-electron chi connectivity index (χ2n) is 9.41. The van der Waals surface area contributed by atoms with Crippen molar-refractivity contribution in [1.82, 2.24) is 0 Å². The summed E-state index contributed by atoms with van der Waals surface area (Å²) in [6.45, 7) is 8.30. The molecular weight excluding hydrogens is 364 g/mol. The van der Waals surface area contributed by atoms with Gasteiger partial charge in [-0.15, -0.1) is 0 Å². The van der Waals surface area contributed by atoms with Gasteiger partial charge in [-0.2, -0.15) is 0 Å². The summed E-state index contributed by atoms with van der Waals surface area (Å²) in [7, 11) is 0. The summed E-state index contributed by atoms with van der Waals surface area (Å²) in [5.41, 5.74) is -1.36. The Kier molecular flexibility index (Phi) is 16.4. The number of hydrogen-bond donors (Lipinski definition) is 4. The molecule has 4 N–H and O–H groups in total. The minimum atomic E-state index is -1.01. The third kappa shape index (κ3) is 9.25. The van der Waals surface area contributed by atoms with Crippen molar-refractivity contribution in [2.45, 2.75) is 136 Å². The first-order valence-corrected chi connectivity index (χ1v) is 12.5. The maximum absolute atomic E-state index is 11.4. The van der Waals surface area contributed by atoms with Crippen LogP contribution in [0, 0.1) is 10.8 Å². The molecule has 0 aliphatic rings. The van der Waals surface area contributed by atoms with Gasteiger partial charge in [-0.1, -0.05) is 98.3 Å². The van der Waals surface area contributed by atoms with E-state index >= 15 is 0 Å². The fourth-order valence-electron chi connectivity index (χ4n) is 4.85. The van der Waals surface area contributed by atoms with Crippen molar-refractivity contribution in [3.05, 3.63) is 0 Å². The van der Waals surface area contributed by atoms with E-state index in [0.29, 0.717) is 12.8 Å². The van der Waals surface area contributed by atoms with Crippen LogP contribution < -0.4 is 0 Å². The third-order valence-corrected chi connectivity index (χ3v) is 7.02. The maximum Gasteiger partial charge on any atom is 0.0883 e. The molecule has 0 aromatic rings. The van der Waals surface area contributed by atoms with E-state index in [1.54, 1.807) is 0 Å². The zero-order valence-corrected chi connectivity index (χ0v) is 20.0. The molecule has 3 atom stereocenters. The summed E-state index contributed by atoms with van der Waals surface area (Å²) in [6.07, 6.45) is 12.3. The van der Waals surface area contributed by atoms with Gasteiger partial charge in [0.05, 0.1) is 25.4 Å². The first-order chi connectivity index (χ1) is 13.9. The summed E-state index contributed by atoms with van der Waals surface area (Å²) in [5.74, 6) is 0. The van der Waals surface area contributed by atoms with Crippen LogP contribution in [0.25, 0.3) is 0 Å². The van der Waals surface area contributed by atoms with E-state index in [-0.39, 0.29) is 13.2 Å². The van der Waals surface area contributed by atoms with Gasteiger partial charge in [-0.25, -0.2) is 0 Å². The van der Waals surface area contributed by atoms with Crippen LogP contribution >= 0.6 is 0 Å². The number of hydrogen-bond acceptors (Lipinski definition) is 4. The molecular formula is C25H52O4. The molecule has 0 saturated heterocycles. The molecule has 0 aromatic carbocycles. The molecule has 4 heteroatoms. The molecule has 0 saturated carbocycles. The second-order valence-corrected chi connectivity index (χ2v) is 9.41. The van der Waals surface area contributed by atoms with Crippen LogP contribution in [0.1, 0.15) is 124 Å². The molecule has 3 unspecified atom stereocenters. The van der Waals surface area contributed by atoms with Crippen LogP contribution in [0.4, 0.5) is 0 Å². The average molecular weight is 417 g/mol. The fraction of sp³-hybridized carbons (Fsp3) is 1.00. The molecule has 0 aliphatic heterocycles. The van der Waals surface area contributed by atoms with E-state index in [2.05, 4.69) is 27.7 Å². The summed E-state index contributed by atoms with van der Waals surface area (Å²) in [4.78, 5) is 0. The molecule has 0 aromatic heterocycles. The predicted octanol–water partition coefficient (Wildman–Crippen LogP) is 5.60. The Morgan fingerprint density at radius 2 is 0.862 bits per heavy atom. The van der Waals surface area contributed by atoms with Crippen molar-refractivity contribution < 1.29 is 20.4 Å². The maximum atomic E-state index is 11.4. The van der Waals surface area contributed by atoms with Crippen LogP contribution in [0.3, 0.4) is 0 Å².